The van der Waals surface area contributed by atoms with E-state index in [4.69, 9.17) is 19.5 Å². The van der Waals surface area contributed by atoms with Gasteiger partial charge in [0.05, 0.1) is 19.3 Å². The summed E-state index contributed by atoms with van der Waals surface area (Å²) < 4.78 is 28.9. The van der Waals surface area contributed by atoms with Gasteiger partial charge in [0, 0.05) is 0 Å². The lowest BCUT2D eigenvalue weighted by molar-refractivity contribution is -0.137. The van der Waals surface area contributed by atoms with E-state index in [0.29, 0.717) is 5.56 Å². The van der Waals surface area contributed by atoms with Gasteiger partial charge in [-0.2, -0.15) is 5.26 Å². The van der Waals surface area contributed by atoms with Gasteiger partial charge in [-0.25, -0.2) is 14.0 Å². The third kappa shape index (κ3) is 4.92. The van der Waals surface area contributed by atoms with Crippen LogP contribution in [0.1, 0.15) is 22.8 Å². The van der Waals surface area contributed by atoms with Gasteiger partial charge in [0.15, 0.2) is 11.5 Å². The van der Waals surface area contributed by atoms with Crippen molar-refractivity contribution in [3.63, 3.8) is 0 Å². The van der Waals surface area contributed by atoms with E-state index in [1.165, 1.54) is 49.6 Å². The fourth-order valence-corrected chi connectivity index (χ4v) is 2.15. The van der Waals surface area contributed by atoms with E-state index in [2.05, 4.69) is 0 Å². The molecule has 6 nitrogen and oxygen atoms in total. The summed E-state index contributed by atoms with van der Waals surface area (Å²) in [5.41, 5.74) is 0.0646. The fraction of sp³-hybridized carbons (Fsp3) is 0.150. The number of nitrogens with zero attached hydrogens (tertiary/aromatic N) is 1. The first-order valence-corrected chi connectivity index (χ1v) is 7.93. The van der Waals surface area contributed by atoms with E-state index in [0.717, 1.165) is 6.07 Å². The van der Waals surface area contributed by atoms with Crippen LogP contribution in [0.15, 0.2) is 48.0 Å². The maximum absolute atomic E-state index is 13.7. The number of nitriles is 1. The molecule has 0 unspecified atom stereocenters. The SMILES string of the molecule is CCOC(=O)/C(C#N)=C/c1ccc(OC(=O)c2ccccc2F)c(OC)c1. The van der Waals surface area contributed by atoms with Gasteiger partial charge >= 0.3 is 11.9 Å². The van der Waals surface area contributed by atoms with Crippen LogP contribution in [0, 0.1) is 17.1 Å². The van der Waals surface area contributed by atoms with Gasteiger partial charge in [0.25, 0.3) is 0 Å². The van der Waals surface area contributed by atoms with Crippen molar-refractivity contribution in [3.8, 4) is 17.6 Å². The first-order chi connectivity index (χ1) is 13.0. The van der Waals surface area contributed by atoms with Crippen LogP contribution in [-0.4, -0.2) is 25.7 Å². The summed E-state index contributed by atoms with van der Waals surface area (Å²) in [5, 5.41) is 9.08. The predicted octanol–water partition coefficient (Wildman–Crippen LogP) is 3.52. The number of esters is 2. The molecule has 0 aliphatic heterocycles. The molecule has 7 heteroatoms. The molecule has 0 aliphatic carbocycles. The van der Waals surface area contributed by atoms with Crippen molar-refractivity contribution in [1.82, 2.24) is 0 Å². The Bertz CT molecular complexity index is 930. The van der Waals surface area contributed by atoms with Crippen molar-refractivity contribution in [1.29, 1.82) is 5.26 Å². The first kappa shape index (κ1) is 19.7. The number of carbonyl (C=O) groups is 2. The highest BCUT2D eigenvalue weighted by atomic mass is 19.1. The lowest BCUT2D eigenvalue weighted by Crippen LogP contribution is -2.11. The van der Waals surface area contributed by atoms with Crippen LogP contribution in [-0.2, 0) is 9.53 Å². The van der Waals surface area contributed by atoms with E-state index >= 15 is 0 Å². The minimum Gasteiger partial charge on any atom is -0.493 e. The van der Waals surface area contributed by atoms with E-state index in [1.54, 1.807) is 13.0 Å². The summed E-state index contributed by atoms with van der Waals surface area (Å²) in [4.78, 5) is 23.8. The number of hydrogen-bond acceptors (Lipinski definition) is 6. The number of halogens is 1. The highest BCUT2D eigenvalue weighted by molar-refractivity contribution is 5.98. The quantitative estimate of drug-likeness (QED) is 0.335. The molecule has 0 amide bonds. The minimum atomic E-state index is -0.876. The summed E-state index contributed by atoms with van der Waals surface area (Å²) in [5.74, 6) is -2.07. The molecule has 0 radical (unpaired) electrons. The molecule has 0 atom stereocenters. The molecular weight excluding hydrogens is 353 g/mol. The lowest BCUT2D eigenvalue weighted by Gasteiger charge is -2.10. The summed E-state index contributed by atoms with van der Waals surface area (Å²) in [6.45, 7) is 1.78. The maximum atomic E-state index is 13.7. The zero-order chi connectivity index (χ0) is 19.8. The molecule has 0 bridgehead atoms. The van der Waals surface area contributed by atoms with Crippen molar-refractivity contribution in [3.05, 3.63) is 65.0 Å². The van der Waals surface area contributed by atoms with Crippen molar-refractivity contribution >= 4 is 18.0 Å². The highest BCUT2D eigenvalue weighted by Crippen LogP contribution is 2.30. The van der Waals surface area contributed by atoms with E-state index in [-0.39, 0.29) is 29.2 Å². The van der Waals surface area contributed by atoms with Crippen LogP contribution in [0.25, 0.3) is 6.08 Å². The number of carbonyl (C=O) groups excluding carboxylic acids is 2. The first-order valence-electron chi connectivity index (χ1n) is 7.93. The van der Waals surface area contributed by atoms with Crippen LogP contribution in [0.4, 0.5) is 4.39 Å². The molecule has 0 aromatic heterocycles. The molecule has 0 heterocycles. The molecule has 0 saturated heterocycles. The Morgan fingerprint density at radius 1 is 1.19 bits per heavy atom. The number of ether oxygens (including phenoxy) is 3. The zero-order valence-electron chi connectivity index (χ0n) is 14.7. The van der Waals surface area contributed by atoms with Gasteiger partial charge in [-0.05, 0) is 42.8 Å². The van der Waals surface area contributed by atoms with Gasteiger partial charge in [-0.15, -0.1) is 0 Å². The Labute approximate surface area is 155 Å². The Balaban J connectivity index is 2.29. The standard InChI is InChI=1S/C20H16FNO5/c1-3-26-19(23)14(12-22)10-13-8-9-17(18(11-13)25-2)27-20(24)15-6-4-5-7-16(15)21/h4-11H,3H2,1-2H3/b14-10+. The number of benzene rings is 2. The predicted molar refractivity (Wildman–Crippen MR) is 94.6 cm³/mol. The Hall–Kier alpha value is -3.66. The van der Waals surface area contributed by atoms with Crippen LogP contribution in [0.2, 0.25) is 0 Å². The lowest BCUT2D eigenvalue weighted by atomic mass is 10.1. The molecule has 27 heavy (non-hydrogen) atoms. The van der Waals surface area contributed by atoms with E-state index in [1.807, 2.05) is 0 Å². The normalized spacial score (nSPS) is 10.7. The van der Waals surface area contributed by atoms with Crippen molar-refractivity contribution in [2.75, 3.05) is 13.7 Å². The summed E-state index contributed by atoms with van der Waals surface area (Å²) >= 11 is 0. The smallest absolute Gasteiger partial charge is 0.348 e. The molecular formula is C20H16FNO5. The molecule has 0 aliphatic rings. The molecule has 0 N–H and O–H groups in total. The largest absolute Gasteiger partial charge is 0.493 e. The van der Waals surface area contributed by atoms with Crippen molar-refractivity contribution in [2.24, 2.45) is 0 Å². The van der Waals surface area contributed by atoms with Crippen LogP contribution in [0.5, 0.6) is 11.5 Å². The Morgan fingerprint density at radius 2 is 1.93 bits per heavy atom. The Morgan fingerprint density at radius 3 is 2.56 bits per heavy atom. The third-order valence-electron chi connectivity index (χ3n) is 3.41. The number of rotatable bonds is 6. The van der Waals surface area contributed by atoms with Crippen LogP contribution < -0.4 is 9.47 Å². The topological polar surface area (TPSA) is 85.6 Å². The van der Waals surface area contributed by atoms with Crippen LogP contribution >= 0.6 is 0 Å². The number of hydrogen-bond donors (Lipinski definition) is 0. The van der Waals surface area contributed by atoms with Gasteiger partial charge in [-0.3, -0.25) is 0 Å². The molecule has 2 aromatic rings. The molecule has 0 saturated carbocycles. The molecule has 0 fully saturated rings. The highest BCUT2D eigenvalue weighted by Gasteiger charge is 2.16. The summed E-state index contributed by atoms with van der Waals surface area (Å²) in [7, 11) is 1.36. The van der Waals surface area contributed by atoms with Gasteiger partial charge in [0.1, 0.15) is 17.5 Å². The van der Waals surface area contributed by atoms with Crippen molar-refractivity contribution in [2.45, 2.75) is 6.92 Å². The van der Waals surface area contributed by atoms with Crippen LogP contribution in [0.3, 0.4) is 0 Å². The second-order valence-corrected chi connectivity index (χ2v) is 5.17. The van der Waals surface area contributed by atoms with Gasteiger partial charge < -0.3 is 14.2 Å². The average Bonchev–Trinajstić information content (AvgIpc) is 2.67. The maximum Gasteiger partial charge on any atom is 0.348 e. The Kier molecular flexibility index (Phi) is 6.67. The minimum absolute atomic E-state index is 0.0672. The molecule has 2 rings (SSSR count). The monoisotopic (exact) mass is 369 g/mol. The van der Waals surface area contributed by atoms with E-state index < -0.39 is 17.8 Å². The average molecular weight is 369 g/mol. The van der Waals surface area contributed by atoms with Crippen molar-refractivity contribution < 1.29 is 28.2 Å². The zero-order valence-corrected chi connectivity index (χ0v) is 14.7. The molecule has 2 aromatic carbocycles. The molecule has 0 spiro atoms. The summed E-state index contributed by atoms with van der Waals surface area (Å²) in [6, 6.07) is 11.6. The van der Waals surface area contributed by atoms with E-state index in [9.17, 15) is 14.0 Å². The molecule has 138 valence electrons. The number of methoxy groups -OCH3 is 1. The second kappa shape index (κ2) is 9.15. The van der Waals surface area contributed by atoms with Gasteiger partial charge in [-0.1, -0.05) is 18.2 Å². The summed E-state index contributed by atoms with van der Waals surface area (Å²) in [6.07, 6.45) is 1.32. The fourth-order valence-electron chi connectivity index (χ4n) is 2.15. The second-order valence-electron chi connectivity index (χ2n) is 5.17. The van der Waals surface area contributed by atoms with Gasteiger partial charge in [0.2, 0.25) is 0 Å². The third-order valence-corrected chi connectivity index (χ3v) is 3.41.